The van der Waals surface area contributed by atoms with Crippen LogP contribution >= 0.6 is 0 Å². The lowest BCUT2D eigenvalue weighted by molar-refractivity contribution is -0.140. The molecule has 0 saturated carbocycles. The number of aliphatic hydroxyl groups is 1. The summed E-state index contributed by atoms with van der Waals surface area (Å²) < 4.78 is 38.3. The number of hydrogen-bond acceptors (Lipinski definition) is 2. The molecule has 5 heteroatoms. The molecule has 1 unspecified atom stereocenters. The van der Waals surface area contributed by atoms with Gasteiger partial charge in [-0.15, -0.1) is 0 Å². The second kappa shape index (κ2) is 5.06. The summed E-state index contributed by atoms with van der Waals surface area (Å²) in [5, 5.41) is 12.9. The van der Waals surface area contributed by atoms with Gasteiger partial charge in [0.25, 0.3) is 0 Å². The lowest BCUT2D eigenvalue weighted by atomic mass is 9.88. The van der Waals surface area contributed by atoms with Gasteiger partial charge in [0.15, 0.2) is 0 Å². The third kappa shape index (κ3) is 3.44. The van der Waals surface area contributed by atoms with Gasteiger partial charge in [0.2, 0.25) is 0 Å². The summed E-state index contributed by atoms with van der Waals surface area (Å²) in [7, 11) is 1.69. The first-order valence-corrected chi connectivity index (χ1v) is 5.33. The fourth-order valence-corrected chi connectivity index (χ4v) is 1.70. The van der Waals surface area contributed by atoms with E-state index in [4.69, 9.17) is 0 Å². The van der Waals surface area contributed by atoms with E-state index in [1.54, 1.807) is 7.05 Å². The largest absolute Gasteiger partial charge is 0.416 e. The van der Waals surface area contributed by atoms with Crippen molar-refractivity contribution in [3.05, 3.63) is 35.4 Å². The fraction of sp³-hybridized carbons (Fsp3) is 0.500. The third-order valence-electron chi connectivity index (χ3n) is 2.67. The maximum atomic E-state index is 12.8. The highest BCUT2D eigenvalue weighted by atomic mass is 19.4. The van der Waals surface area contributed by atoms with Gasteiger partial charge in [-0.25, -0.2) is 0 Å². The van der Waals surface area contributed by atoms with Crippen LogP contribution < -0.4 is 5.32 Å². The Balaban J connectivity index is 3.13. The van der Waals surface area contributed by atoms with E-state index in [0.29, 0.717) is 6.54 Å². The molecule has 1 aromatic rings. The average Bonchev–Trinajstić information content (AvgIpc) is 2.25. The van der Waals surface area contributed by atoms with Crippen molar-refractivity contribution in [2.24, 2.45) is 0 Å². The van der Waals surface area contributed by atoms with Crippen molar-refractivity contribution < 1.29 is 18.3 Å². The molecular weight excluding hydrogens is 231 g/mol. The SMILES string of the molecule is CNCCC(C)(O)c1ccccc1C(F)(F)F. The Hall–Kier alpha value is -1.07. The maximum Gasteiger partial charge on any atom is 0.416 e. The summed E-state index contributed by atoms with van der Waals surface area (Å²) in [6, 6.07) is 5.13. The molecule has 96 valence electrons. The van der Waals surface area contributed by atoms with Crippen LogP contribution in [-0.2, 0) is 11.8 Å². The van der Waals surface area contributed by atoms with Crippen molar-refractivity contribution in [3.63, 3.8) is 0 Å². The minimum atomic E-state index is -4.44. The quantitative estimate of drug-likeness (QED) is 0.857. The van der Waals surface area contributed by atoms with E-state index in [0.717, 1.165) is 6.07 Å². The summed E-state index contributed by atoms with van der Waals surface area (Å²) in [5.41, 5.74) is -2.35. The van der Waals surface area contributed by atoms with Gasteiger partial charge >= 0.3 is 6.18 Å². The molecule has 0 aromatic heterocycles. The number of benzene rings is 1. The Morgan fingerprint density at radius 3 is 2.18 bits per heavy atom. The Morgan fingerprint density at radius 2 is 1.71 bits per heavy atom. The molecule has 0 spiro atoms. The predicted molar refractivity (Wildman–Crippen MR) is 59.6 cm³/mol. The molecule has 0 aliphatic heterocycles. The maximum absolute atomic E-state index is 12.8. The van der Waals surface area contributed by atoms with Gasteiger partial charge in [-0.2, -0.15) is 13.2 Å². The molecule has 0 bridgehead atoms. The highest BCUT2D eigenvalue weighted by molar-refractivity contribution is 5.34. The van der Waals surface area contributed by atoms with Crippen molar-refractivity contribution in [1.82, 2.24) is 5.32 Å². The van der Waals surface area contributed by atoms with Crippen LogP contribution in [0.15, 0.2) is 24.3 Å². The van der Waals surface area contributed by atoms with Crippen LogP contribution in [0.1, 0.15) is 24.5 Å². The van der Waals surface area contributed by atoms with Crippen molar-refractivity contribution >= 4 is 0 Å². The zero-order valence-electron chi connectivity index (χ0n) is 9.80. The molecule has 17 heavy (non-hydrogen) atoms. The molecule has 0 aliphatic carbocycles. The smallest absolute Gasteiger partial charge is 0.385 e. The molecule has 0 heterocycles. The molecule has 1 rings (SSSR count). The lowest BCUT2D eigenvalue weighted by Crippen LogP contribution is -2.29. The molecule has 0 aliphatic rings. The second-order valence-corrected chi connectivity index (χ2v) is 4.17. The van der Waals surface area contributed by atoms with Gasteiger partial charge in [0.1, 0.15) is 0 Å². The molecular formula is C12H16F3NO. The normalized spacial score (nSPS) is 15.6. The molecule has 1 aromatic carbocycles. The number of hydrogen-bond donors (Lipinski definition) is 2. The highest BCUT2D eigenvalue weighted by Crippen LogP contribution is 2.37. The third-order valence-corrected chi connectivity index (χ3v) is 2.67. The Kier molecular flexibility index (Phi) is 4.16. The molecule has 2 N–H and O–H groups in total. The lowest BCUT2D eigenvalue weighted by Gasteiger charge is -2.27. The zero-order valence-corrected chi connectivity index (χ0v) is 9.80. The van der Waals surface area contributed by atoms with Gasteiger partial charge < -0.3 is 10.4 Å². The Bertz CT molecular complexity index is 374. The van der Waals surface area contributed by atoms with E-state index >= 15 is 0 Å². The minimum Gasteiger partial charge on any atom is -0.385 e. The van der Waals surface area contributed by atoms with Gasteiger partial charge in [-0.1, -0.05) is 18.2 Å². The van der Waals surface area contributed by atoms with Crippen LogP contribution in [0.2, 0.25) is 0 Å². The molecule has 0 saturated heterocycles. The van der Waals surface area contributed by atoms with E-state index in [1.165, 1.54) is 25.1 Å². The van der Waals surface area contributed by atoms with Gasteiger partial charge in [-0.3, -0.25) is 0 Å². The number of rotatable bonds is 4. The summed E-state index contributed by atoms with van der Waals surface area (Å²) in [4.78, 5) is 0. The van der Waals surface area contributed by atoms with Crippen molar-refractivity contribution in [3.8, 4) is 0 Å². The van der Waals surface area contributed by atoms with Crippen LogP contribution in [0.3, 0.4) is 0 Å². The van der Waals surface area contributed by atoms with E-state index in [2.05, 4.69) is 5.32 Å². The zero-order chi connectivity index (χ0) is 13.1. The van der Waals surface area contributed by atoms with Crippen LogP contribution in [0.25, 0.3) is 0 Å². The van der Waals surface area contributed by atoms with Crippen molar-refractivity contribution in [2.75, 3.05) is 13.6 Å². The first-order chi connectivity index (χ1) is 7.79. The molecule has 0 amide bonds. The standard InChI is InChI=1S/C12H16F3NO/c1-11(17,7-8-16-2)9-5-3-4-6-10(9)12(13,14)15/h3-6,16-17H,7-8H2,1-2H3. The number of nitrogens with one attached hydrogen (secondary N) is 1. The minimum absolute atomic E-state index is 0.0808. The summed E-state index contributed by atoms with van der Waals surface area (Å²) >= 11 is 0. The first kappa shape index (κ1) is 14.0. The van der Waals surface area contributed by atoms with Gasteiger partial charge in [0.05, 0.1) is 11.2 Å². The van der Waals surface area contributed by atoms with Crippen LogP contribution in [-0.4, -0.2) is 18.7 Å². The predicted octanol–water partition coefficient (Wildman–Crippen LogP) is 2.52. The molecule has 2 nitrogen and oxygen atoms in total. The van der Waals surface area contributed by atoms with E-state index in [9.17, 15) is 18.3 Å². The summed E-state index contributed by atoms with van der Waals surface area (Å²) in [6.07, 6.45) is -4.23. The Labute approximate surface area is 98.5 Å². The monoisotopic (exact) mass is 247 g/mol. The molecule has 0 radical (unpaired) electrons. The molecule has 1 atom stereocenters. The molecule has 0 fully saturated rings. The van der Waals surface area contributed by atoms with E-state index in [1.807, 2.05) is 0 Å². The van der Waals surface area contributed by atoms with Crippen LogP contribution in [0, 0.1) is 0 Å². The first-order valence-electron chi connectivity index (χ1n) is 5.33. The summed E-state index contributed by atoms with van der Waals surface area (Å²) in [6.45, 7) is 1.84. The topological polar surface area (TPSA) is 32.3 Å². The fourth-order valence-electron chi connectivity index (χ4n) is 1.70. The van der Waals surface area contributed by atoms with Crippen molar-refractivity contribution in [1.29, 1.82) is 0 Å². The summed E-state index contributed by atoms with van der Waals surface area (Å²) in [5.74, 6) is 0. The number of alkyl halides is 3. The second-order valence-electron chi connectivity index (χ2n) is 4.17. The number of halogens is 3. The average molecular weight is 247 g/mol. The van der Waals surface area contributed by atoms with Gasteiger partial charge in [-0.05, 0) is 38.6 Å². The highest BCUT2D eigenvalue weighted by Gasteiger charge is 2.38. The Morgan fingerprint density at radius 1 is 1.18 bits per heavy atom. The van der Waals surface area contributed by atoms with Crippen LogP contribution in [0.4, 0.5) is 13.2 Å². The van der Waals surface area contributed by atoms with Crippen LogP contribution in [0.5, 0.6) is 0 Å². The van der Waals surface area contributed by atoms with Gasteiger partial charge in [0, 0.05) is 0 Å². The van der Waals surface area contributed by atoms with Crippen molar-refractivity contribution in [2.45, 2.75) is 25.1 Å². The van der Waals surface area contributed by atoms with E-state index in [-0.39, 0.29) is 12.0 Å². The van der Waals surface area contributed by atoms with E-state index < -0.39 is 17.3 Å².